The average Bonchev–Trinajstić information content (AvgIpc) is 3.36. The van der Waals surface area contributed by atoms with E-state index in [0.29, 0.717) is 12.8 Å². The SMILES string of the molecule is CCCCC(=O)O[C@@H]1C(COC(c2ccccc2)(c2ccccc2)c2ccccc2)OC(OC)[C@@H]1OC(=O)CCCC. The Bertz CT molecular complexity index is 1140. The smallest absolute Gasteiger partial charge is 0.306 e. The number of carbonyl (C=O) groups is 2. The van der Waals surface area contributed by atoms with Crippen LogP contribution in [0.3, 0.4) is 0 Å². The molecule has 0 saturated carbocycles. The van der Waals surface area contributed by atoms with Crippen LogP contribution in [-0.2, 0) is 38.9 Å². The minimum Gasteiger partial charge on any atom is -0.455 e. The van der Waals surface area contributed by atoms with Crippen molar-refractivity contribution < 1.29 is 33.3 Å². The van der Waals surface area contributed by atoms with Crippen molar-refractivity contribution in [1.82, 2.24) is 0 Å². The normalized spacial score (nSPS) is 20.3. The Morgan fingerprint density at radius 1 is 0.690 bits per heavy atom. The van der Waals surface area contributed by atoms with Crippen molar-refractivity contribution in [3.05, 3.63) is 108 Å². The number of carbonyl (C=O) groups excluding carboxylic acids is 2. The summed E-state index contributed by atoms with van der Waals surface area (Å²) in [5.74, 6) is -0.752. The van der Waals surface area contributed by atoms with E-state index in [1.165, 1.54) is 7.11 Å². The molecule has 7 heteroatoms. The molecule has 1 saturated heterocycles. The highest BCUT2D eigenvalue weighted by molar-refractivity contribution is 5.71. The zero-order valence-electron chi connectivity index (χ0n) is 24.8. The molecule has 3 aromatic carbocycles. The molecule has 0 aromatic heterocycles. The zero-order valence-corrected chi connectivity index (χ0v) is 24.8. The lowest BCUT2D eigenvalue weighted by Crippen LogP contribution is -2.43. The third kappa shape index (κ3) is 7.46. The molecule has 0 amide bonds. The molecule has 0 bridgehead atoms. The van der Waals surface area contributed by atoms with Crippen LogP contribution in [0.5, 0.6) is 0 Å². The fourth-order valence-electron chi connectivity index (χ4n) is 5.32. The Morgan fingerprint density at radius 2 is 1.12 bits per heavy atom. The number of benzene rings is 3. The first kappa shape index (κ1) is 31.4. The molecule has 0 aliphatic carbocycles. The summed E-state index contributed by atoms with van der Waals surface area (Å²) in [6.45, 7) is 4.06. The number of rotatable bonds is 15. The predicted octanol–water partition coefficient (Wildman–Crippen LogP) is 6.57. The second-order valence-corrected chi connectivity index (χ2v) is 10.5. The van der Waals surface area contributed by atoms with E-state index in [1.54, 1.807) is 0 Å². The van der Waals surface area contributed by atoms with E-state index in [1.807, 2.05) is 105 Å². The van der Waals surface area contributed by atoms with Crippen LogP contribution >= 0.6 is 0 Å². The monoisotopic (exact) mass is 574 g/mol. The number of esters is 2. The van der Waals surface area contributed by atoms with Crippen LogP contribution in [0.4, 0.5) is 0 Å². The van der Waals surface area contributed by atoms with Crippen molar-refractivity contribution in [2.24, 2.45) is 0 Å². The molecular formula is C35H42O7. The molecule has 42 heavy (non-hydrogen) atoms. The lowest BCUT2D eigenvalue weighted by Gasteiger charge is -2.37. The number of ether oxygens (including phenoxy) is 5. The summed E-state index contributed by atoms with van der Waals surface area (Å²) >= 11 is 0. The summed E-state index contributed by atoms with van der Waals surface area (Å²) in [6.07, 6.45) is 0.155. The average molecular weight is 575 g/mol. The predicted molar refractivity (Wildman–Crippen MR) is 160 cm³/mol. The third-order valence-corrected chi connectivity index (χ3v) is 7.51. The Balaban J connectivity index is 1.70. The van der Waals surface area contributed by atoms with Gasteiger partial charge in [0.05, 0.1) is 6.61 Å². The van der Waals surface area contributed by atoms with Crippen LogP contribution < -0.4 is 0 Å². The lowest BCUT2D eigenvalue weighted by atomic mass is 9.80. The van der Waals surface area contributed by atoms with Crippen molar-refractivity contribution in [2.75, 3.05) is 13.7 Å². The van der Waals surface area contributed by atoms with Gasteiger partial charge in [-0.1, -0.05) is 118 Å². The number of hydrogen-bond acceptors (Lipinski definition) is 7. The molecule has 2 unspecified atom stereocenters. The van der Waals surface area contributed by atoms with Crippen LogP contribution in [0.25, 0.3) is 0 Å². The van der Waals surface area contributed by atoms with E-state index in [2.05, 4.69) is 0 Å². The first-order valence-corrected chi connectivity index (χ1v) is 14.9. The molecule has 1 aliphatic heterocycles. The zero-order chi connectivity index (χ0) is 29.8. The van der Waals surface area contributed by atoms with Crippen molar-refractivity contribution >= 4 is 11.9 Å². The Labute approximate surface area is 249 Å². The van der Waals surface area contributed by atoms with Crippen LogP contribution in [0.1, 0.15) is 69.1 Å². The lowest BCUT2D eigenvalue weighted by molar-refractivity contribution is -0.184. The van der Waals surface area contributed by atoms with Crippen molar-refractivity contribution in [1.29, 1.82) is 0 Å². The molecule has 1 aliphatic rings. The van der Waals surface area contributed by atoms with E-state index in [-0.39, 0.29) is 31.4 Å². The maximum Gasteiger partial charge on any atom is 0.306 e. The molecule has 0 radical (unpaired) electrons. The van der Waals surface area contributed by atoms with Crippen molar-refractivity contribution in [3.63, 3.8) is 0 Å². The summed E-state index contributed by atoms with van der Waals surface area (Å²) in [7, 11) is 1.49. The first-order chi connectivity index (χ1) is 20.5. The summed E-state index contributed by atoms with van der Waals surface area (Å²) in [6, 6.07) is 30.0. The van der Waals surface area contributed by atoms with E-state index in [9.17, 15) is 9.59 Å². The van der Waals surface area contributed by atoms with Gasteiger partial charge in [0, 0.05) is 20.0 Å². The van der Waals surface area contributed by atoms with E-state index in [0.717, 1.165) is 29.5 Å². The Kier molecular flexibility index (Phi) is 11.7. The van der Waals surface area contributed by atoms with Crippen molar-refractivity contribution in [3.8, 4) is 0 Å². The highest BCUT2D eigenvalue weighted by atomic mass is 16.7. The molecule has 7 nitrogen and oxygen atoms in total. The highest BCUT2D eigenvalue weighted by Gasteiger charge is 2.51. The van der Waals surface area contributed by atoms with Crippen LogP contribution in [0, 0.1) is 0 Å². The second-order valence-electron chi connectivity index (χ2n) is 10.5. The molecular weight excluding hydrogens is 532 g/mol. The fourth-order valence-corrected chi connectivity index (χ4v) is 5.32. The molecule has 4 atom stereocenters. The molecule has 1 heterocycles. The first-order valence-electron chi connectivity index (χ1n) is 14.9. The maximum atomic E-state index is 12.9. The highest BCUT2D eigenvalue weighted by Crippen LogP contribution is 2.41. The number of hydrogen-bond donors (Lipinski definition) is 0. The molecule has 3 aromatic rings. The quantitative estimate of drug-likeness (QED) is 0.150. The van der Waals surface area contributed by atoms with E-state index < -0.39 is 30.2 Å². The van der Waals surface area contributed by atoms with Crippen LogP contribution in [0.15, 0.2) is 91.0 Å². The fraction of sp³-hybridized carbons (Fsp3) is 0.429. The third-order valence-electron chi connectivity index (χ3n) is 7.51. The van der Waals surface area contributed by atoms with Gasteiger partial charge in [-0.25, -0.2) is 0 Å². The molecule has 0 N–H and O–H groups in total. The Hall–Kier alpha value is -3.52. The molecule has 4 rings (SSSR count). The largest absolute Gasteiger partial charge is 0.455 e. The Morgan fingerprint density at radius 3 is 1.52 bits per heavy atom. The van der Waals surface area contributed by atoms with Gasteiger partial charge in [-0.15, -0.1) is 0 Å². The minimum absolute atomic E-state index is 0.0350. The molecule has 0 spiro atoms. The standard InChI is InChI=1S/C35H42O7/c1-4-6-23-30(36)41-32-29(40-34(38-3)33(32)42-31(37)24-7-5-2)25-39-35(26-17-11-8-12-18-26,27-19-13-9-14-20-27)28-21-15-10-16-22-28/h8-22,29,32-34H,4-7,23-25H2,1-3H3/t29?,32-,33-,34?/m1/s1. The van der Waals surface area contributed by atoms with Gasteiger partial charge in [-0.3, -0.25) is 9.59 Å². The van der Waals surface area contributed by atoms with Crippen LogP contribution in [-0.4, -0.2) is 50.3 Å². The van der Waals surface area contributed by atoms with Crippen molar-refractivity contribution in [2.45, 2.75) is 82.6 Å². The van der Waals surface area contributed by atoms with Gasteiger partial charge >= 0.3 is 11.9 Å². The minimum atomic E-state index is -0.998. The maximum absolute atomic E-state index is 12.9. The summed E-state index contributed by atoms with van der Waals surface area (Å²) in [4.78, 5) is 25.6. The van der Waals surface area contributed by atoms with Gasteiger partial charge in [0.1, 0.15) is 11.7 Å². The number of unbranched alkanes of at least 4 members (excludes halogenated alkanes) is 2. The topological polar surface area (TPSA) is 80.3 Å². The van der Waals surface area contributed by atoms with Gasteiger partial charge in [0.15, 0.2) is 18.5 Å². The van der Waals surface area contributed by atoms with Gasteiger partial charge in [-0.2, -0.15) is 0 Å². The summed E-state index contributed by atoms with van der Waals surface area (Å²) in [5, 5.41) is 0. The molecule has 1 fully saturated rings. The van der Waals surface area contributed by atoms with Gasteiger partial charge in [0.25, 0.3) is 0 Å². The van der Waals surface area contributed by atoms with Gasteiger partial charge < -0.3 is 23.7 Å². The van der Waals surface area contributed by atoms with Gasteiger partial charge in [-0.05, 0) is 29.5 Å². The van der Waals surface area contributed by atoms with Gasteiger partial charge in [0.2, 0.25) is 0 Å². The van der Waals surface area contributed by atoms with Crippen LogP contribution in [0.2, 0.25) is 0 Å². The summed E-state index contributed by atoms with van der Waals surface area (Å²) in [5.41, 5.74) is 1.80. The molecule has 224 valence electrons. The summed E-state index contributed by atoms with van der Waals surface area (Å²) < 4.78 is 30.6. The van der Waals surface area contributed by atoms with E-state index >= 15 is 0 Å². The van der Waals surface area contributed by atoms with E-state index in [4.69, 9.17) is 23.7 Å². The second kappa shape index (κ2) is 15.6. The number of methoxy groups -OCH3 is 1.